The lowest BCUT2D eigenvalue weighted by Gasteiger charge is -2.10. The van der Waals surface area contributed by atoms with Crippen molar-refractivity contribution in [1.82, 2.24) is 10.9 Å². The molecule has 0 aliphatic carbocycles. The Hall–Kier alpha value is -3.33. The largest absolute Gasteiger partial charge is 0.493 e. The van der Waals surface area contributed by atoms with Gasteiger partial charge in [-0.1, -0.05) is 12.1 Å². The lowest BCUT2D eigenvalue weighted by Crippen LogP contribution is -2.28. The lowest BCUT2D eigenvalue weighted by molar-refractivity contribution is 0.354. The molecule has 8 nitrogen and oxygen atoms in total. The number of hydrazone groups is 2. The monoisotopic (exact) mass is 402 g/mol. The Balaban J connectivity index is 1.97. The zero-order chi connectivity index (χ0) is 20.4. The van der Waals surface area contributed by atoms with Crippen LogP contribution < -0.4 is 29.8 Å². The van der Waals surface area contributed by atoms with E-state index in [0.29, 0.717) is 23.0 Å². The van der Waals surface area contributed by atoms with Gasteiger partial charge in [-0.25, -0.2) is 0 Å². The molecule has 0 fully saturated rings. The fourth-order valence-electron chi connectivity index (χ4n) is 2.37. The van der Waals surface area contributed by atoms with Gasteiger partial charge < -0.3 is 18.9 Å². The van der Waals surface area contributed by atoms with Crippen LogP contribution in [0.15, 0.2) is 46.6 Å². The molecule has 2 N–H and O–H groups in total. The Morgan fingerprint density at radius 3 is 1.54 bits per heavy atom. The summed E-state index contributed by atoms with van der Waals surface area (Å²) in [6.07, 6.45) is 3.15. The van der Waals surface area contributed by atoms with Crippen LogP contribution in [0.4, 0.5) is 0 Å². The average Bonchev–Trinajstić information content (AvgIpc) is 2.73. The number of nitrogens with one attached hydrogen (secondary N) is 2. The highest BCUT2D eigenvalue weighted by Crippen LogP contribution is 2.30. The fraction of sp³-hybridized carbons (Fsp3) is 0.211. The molecule has 0 heterocycles. The summed E-state index contributed by atoms with van der Waals surface area (Å²) >= 11 is 5.14. The van der Waals surface area contributed by atoms with Crippen LogP contribution in [0, 0.1) is 0 Å². The summed E-state index contributed by atoms with van der Waals surface area (Å²) in [5.74, 6) is 2.39. The molecule has 2 aromatic rings. The van der Waals surface area contributed by atoms with E-state index >= 15 is 0 Å². The average molecular weight is 402 g/mol. The molecule has 2 rings (SSSR count). The van der Waals surface area contributed by atoms with Crippen LogP contribution in [0.5, 0.6) is 23.0 Å². The van der Waals surface area contributed by atoms with Crippen molar-refractivity contribution in [3.63, 3.8) is 0 Å². The highest BCUT2D eigenvalue weighted by molar-refractivity contribution is 7.80. The van der Waals surface area contributed by atoms with Gasteiger partial charge in [0.2, 0.25) is 5.11 Å². The van der Waals surface area contributed by atoms with Crippen LogP contribution in [0.2, 0.25) is 0 Å². The maximum atomic E-state index is 5.34. The number of thiocarbonyl (C=S) groups is 1. The smallest absolute Gasteiger partial charge is 0.207 e. The molecule has 0 bridgehead atoms. The Bertz CT molecular complexity index is 802. The van der Waals surface area contributed by atoms with Crippen LogP contribution in [0.25, 0.3) is 0 Å². The molecule has 0 aliphatic heterocycles. The minimum Gasteiger partial charge on any atom is -0.493 e. The molecule has 0 aliphatic rings. The minimum absolute atomic E-state index is 0.219. The van der Waals surface area contributed by atoms with Crippen molar-refractivity contribution in [2.75, 3.05) is 28.4 Å². The summed E-state index contributed by atoms with van der Waals surface area (Å²) in [4.78, 5) is 0. The van der Waals surface area contributed by atoms with Gasteiger partial charge in [-0.05, 0) is 36.5 Å². The number of benzene rings is 2. The first-order chi connectivity index (χ1) is 13.6. The van der Waals surface area contributed by atoms with Gasteiger partial charge in [-0.2, -0.15) is 10.2 Å². The maximum Gasteiger partial charge on any atom is 0.207 e. The van der Waals surface area contributed by atoms with E-state index in [1.54, 1.807) is 53.0 Å². The first kappa shape index (κ1) is 21.0. The number of nitrogens with zero attached hydrogens (tertiary/aromatic N) is 2. The Kier molecular flexibility index (Phi) is 8.04. The molecule has 0 radical (unpaired) electrons. The maximum absolute atomic E-state index is 5.34. The molecule has 0 amide bonds. The molecule has 0 aromatic heterocycles. The van der Waals surface area contributed by atoms with Crippen molar-refractivity contribution < 1.29 is 18.9 Å². The zero-order valence-electron chi connectivity index (χ0n) is 16.1. The van der Waals surface area contributed by atoms with E-state index in [2.05, 4.69) is 21.1 Å². The van der Waals surface area contributed by atoms with Crippen molar-refractivity contribution >= 4 is 29.8 Å². The molecule has 0 saturated carbocycles. The summed E-state index contributed by atoms with van der Waals surface area (Å²) in [6, 6.07) is 11.0. The van der Waals surface area contributed by atoms with Gasteiger partial charge >= 0.3 is 0 Å². The first-order valence-electron chi connectivity index (χ1n) is 8.18. The summed E-state index contributed by atoms with van der Waals surface area (Å²) < 4.78 is 21.2. The van der Waals surface area contributed by atoms with E-state index in [1.165, 1.54) is 0 Å². The van der Waals surface area contributed by atoms with E-state index in [-0.39, 0.29) is 5.11 Å². The number of methoxy groups -OCH3 is 4. The van der Waals surface area contributed by atoms with Crippen molar-refractivity contribution in [3.8, 4) is 23.0 Å². The van der Waals surface area contributed by atoms with E-state index < -0.39 is 0 Å². The molecule has 9 heteroatoms. The van der Waals surface area contributed by atoms with E-state index in [1.807, 2.05) is 24.3 Å². The van der Waals surface area contributed by atoms with Gasteiger partial charge in [0.15, 0.2) is 23.0 Å². The topological polar surface area (TPSA) is 85.7 Å². The highest BCUT2D eigenvalue weighted by Gasteiger charge is 2.08. The first-order valence-corrected chi connectivity index (χ1v) is 8.59. The van der Waals surface area contributed by atoms with Crippen LogP contribution >= 0.6 is 12.2 Å². The predicted octanol–water partition coefficient (Wildman–Crippen LogP) is 2.55. The normalized spacial score (nSPS) is 10.7. The number of hydrogen-bond acceptors (Lipinski definition) is 7. The second-order valence-corrected chi connectivity index (χ2v) is 5.64. The van der Waals surface area contributed by atoms with Crippen molar-refractivity contribution in [2.24, 2.45) is 10.2 Å². The van der Waals surface area contributed by atoms with Gasteiger partial charge in [-0.3, -0.25) is 10.9 Å². The number of rotatable bonds is 8. The SMILES string of the molecule is COc1cccc(/C=N\NC(=S)N/N=C/c2cccc(OC)c2OC)c1OC. The summed E-state index contributed by atoms with van der Waals surface area (Å²) in [5, 5.41) is 8.38. The molecule has 0 spiro atoms. The van der Waals surface area contributed by atoms with Crippen molar-refractivity contribution in [2.45, 2.75) is 0 Å². The molecular weight excluding hydrogens is 380 g/mol. The summed E-state index contributed by atoms with van der Waals surface area (Å²) in [6.45, 7) is 0. The van der Waals surface area contributed by atoms with Gasteiger partial charge in [0.05, 0.1) is 40.9 Å². The molecule has 148 valence electrons. The van der Waals surface area contributed by atoms with Crippen molar-refractivity contribution in [1.29, 1.82) is 0 Å². The predicted molar refractivity (Wildman–Crippen MR) is 113 cm³/mol. The third-order valence-electron chi connectivity index (χ3n) is 3.61. The van der Waals surface area contributed by atoms with E-state index in [0.717, 1.165) is 11.1 Å². The number of ether oxygens (including phenoxy) is 4. The van der Waals surface area contributed by atoms with Crippen LogP contribution in [0.1, 0.15) is 11.1 Å². The molecule has 2 aromatic carbocycles. The Labute approximate surface area is 169 Å². The second kappa shape index (κ2) is 10.7. The van der Waals surface area contributed by atoms with Crippen LogP contribution in [-0.4, -0.2) is 46.0 Å². The fourth-order valence-corrected chi connectivity index (χ4v) is 2.48. The van der Waals surface area contributed by atoms with Crippen molar-refractivity contribution in [3.05, 3.63) is 47.5 Å². The number of hydrogen-bond donors (Lipinski definition) is 2. The standard InChI is InChI=1S/C19H22N4O4S/c1-24-15-9-5-7-13(17(15)26-3)11-20-22-19(28)23-21-12-14-8-6-10-16(25-2)18(14)27-4/h5-12H,1-4H3,(H2,22,23,28)/b20-11-,21-12+. The highest BCUT2D eigenvalue weighted by atomic mass is 32.1. The summed E-state index contributed by atoms with van der Waals surface area (Å²) in [7, 11) is 6.28. The third-order valence-corrected chi connectivity index (χ3v) is 3.79. The van der Waals surface area contributed by atoms with Gasteiger partial charge in [0, 0.05) is 11.1 Å². The van der Waals surface area contributed by atoms with Gasteiger partial charge in [0.25, 0.3) is 0 Å². The van der Waals surface area contributed by atoms with Gasteiger partial charge in [-0.15, -0.1) is 0 Å². The van der Waals surface area contributed by atoms with Crippen LogP contribution in [0.3, 0.4) is 0 Å². The molecule has 0 saturated heterocycles. The molecule has 0 unspecified atom stereocenters. The molecule has 28 heavy (non-hydrogen) atoms. The molecule has 0 atom stereocenters. The second-order valence-electron chi connectivity index (χ2n) is 5.23. The minimum atomic E-state index is 0.219. The Morgan fingerprint density at radius 1 is 0.750 bits per heavy atom. The van der Waals surface area contributed by atoms with E-state index in [4.69, 9.17) is 31.2 Å². The Morgan fingerprint density at radius 2 is 1.18 bits per heavy atom. The zero-order valence-corrected chi connectivity index (χ0v) is 16.9. The molecular formula is C19H22N4O4S. The number of para-hydroxylation sites is 2. The third kappa shape index (κ3) is 5.34. The lowest BCUT2D eigenvalue weighted by atomic mass is 10.2. The van der Waals surface area contributed by atoms with Crippen LogP contribution in [-0.2, 0) is 0 Å². The van der Waals surface area contributed by atoms with Gasteiger partial charge in [0.1, 0.15) is 0 Å². The summed E-state index contributed by atoms with van der Waals surface area (Å²) in [5.41, 5.74) is 6.84. The van der Waals surface area contributed by atoms with E-state index in [9.17, 15) is 0 Å². The quantitative estimate of drug-likeness (QED) is 0.399.